The van der Waals surface area contributed by atoms with E-state index in [4.69, 9.17) is 9.47 Å². The van der Waals surface area contributed by atoms with Crippen LogP contribution < -0.4 is 15.0 Å². The molecule has 0 unspecified atom stereocenters. The summed E-state index contributed by atoms with van der Waals surface area (Å²) in [6.45, 7) is 5.13. The van der Waals surface area contributed by atoms with Crippen LogP contribution in [0.2, 0.25) is 0 Å². The van der Waals surface area contributed by atoms with Crippen molar-refractivity contribution in [3.05, 3.63) is 54.1 Å². The van der Waals surface area contributed by atoms with E-state index in [1.165, 1.54) is 19.8 Å². The number of nitrogens with one attached hydrogen (secondary N) is 1. The molecular weight excluding hydrogens is 396 g/mol. The maximum Gasteiger partial charge on any atom is 0.344 e. The Morgan fingerprint density at radius 1 is 0.968 bits per heavy atom. The second-order valence-electron chi connectivity index (χ2n) is 7.79. The van der Waals surface area contributed by atoms with E-state index in [0.29, 0.717) is 17.0 Å². The zero-order chi connectivity index (χ0) is 22.2. The average Bonchev–Trinajstić information content (AvgIpc) is 2.77. The van der Waals surface area contributed by atoms with Crippen LogP contribution >= 0.6 is 0 Å². The number of carbonyl (C=O) groups is 3. The standard InChI is InChI=1S/C24H28N2O5/c1-17-11-13-26(14-12-17)21-7-5-20(6-8-21)25-23(28)15-31-24(29)16-30-22-9-3-19(4-10-22)18(2)27/h3-10,17H,11-16H2,1-2H3,(H,25,28). The average molecular weight is 424 g/mol. The number of benzene rings is 2. The van der Waals surface area contributed by atoms with Crippen molar-refractivity contribution in [1.82, 2.24) is 0 Å². The number of ether oxygens (including phenoxy) is 2. The first kappa shape index (κ1) is 22.3. The van der Waals surface area contributed by atoms with E-state index in [9.17, 15) is 14.4 Å². The van der Waals surface area contributed by atoms with Gasteiger partial charge in [0.15, 0.2) is 19.0 Å². The number of hydrogen-bond acceptors (Lipinski definition) is 6. The van der Waals surface area contributed by atoms with E-state index in [2.05, 4.69) is 17.1 Å². The number of carbonyl (C=O) groups excluding carboxylic acids is 3. The van der Waals surface area contributed by atoms with Gasteiger partial charge in [0.05, 0.1) is 0 Å². The Hall–Kier alpha value is -3.35. The van der Waals surface area contributed by atoms with Gasteiger partial charge in [-0.15, -0.1) is 0 Å². The van der Waals surface area contributed by atoms with Gasteiger partial charge < -0.3 is 19.7 Å². The lowest BCUT2D eigenvalue weighted by molar-refractivity contribution is -0.149. The smallest absolute Gasteiger partial charge is 0.344 e. The van der Waals surface area contributed by atoms with Gasteiger partial charge in [0, 0.05) is 30.0 Å². The summed E-state index contributed by atoms with van der Waals surface area (Å²) in [6.07, 6.45) is 2.38. The minimum absolute atomic E-state index is 0.0484. The number of piperidine rings is 1. The van der Waals surface area contributed by atoms with Crippen molar-refractivity contribution < 1.29 is 23.9 Å². The van der Waals surface area contributed by atoms with Crippen LogP contribution in [-0.4, -0.2) is 44.0 Å². The third-order valence-electron chi connectivity index (χ3n) is 5.28. The Kier molecular flexibility index (Phi) is 7.65. The van der Waals surface area contributed by atoms with Crippen molar-refractivity contribution in [3.8, 4) is 5.75 Å². The highest BCUT2D eigenvalue weighted by molar-refractivity contribution is 5.94. The van der Waals surface area contributed by atoms with Crippen molar-refractivity contribution in [2.75, 3.05) is 36.5 Å². The lowest BCUT2D eigenvalue weighted by Crippen LogP contribution is -2.32. The molecule has 1 saturated heterocycles. The van der Waals surface area contributed by atoms with Gasteiger partial charge in [-0.25, -0.2) is 4.79 Å². The van der Waals surface area contributed by atoms with Gasteiger partial charge in [-0.3, -0.25) is 9.59 Å². The Bertz CT molecular complexity index is 901. The molecule has 0 aromatic heterocycles. The Balaban J connectivity index is 1.38. The molecule has 0 bridgehead atoms. The van der Waals surface area contributed by atoms with Crippen molar-refractivity contribution >= 4 is 29.0 Å². The number of esters is 1. The quantitative estimate of drug-likeness (QED) is 0.514. The topological polar surface area (TPSA) is 84.9 Å². The molecule has 0 radical (unpaired) electrons. The summed E-state index contributed by atoms with van der Waals surface area (Å²) in [5.41, 5.74) is 2.35. The molecule has 0 saturated carbocycles. The number of rotatable bonds is 8. The predicted octanol–water partition coefficient (Wildman–Crippen LogP) is 3.69. The summed E-state index contributed by atoms with van der Waals surface area (Å²) in [7, 11) is 0. The van der Waals surface area contributed by atoms with Gasteiger partial charge in [-0.1, -0.05) is 6.92 Å². The van der Waals surface area contributed by atoms with Crippen LogP contribution in [0, 0.1) is 5.92 Å². The molecule has 1 aliphatic rings. The first-order valence-electron chi connectivity index (χ1n) is 10.4. The number of anilines is 2. The molecule has 0 aliphatic carbocycles. The zero-order valence-electron chi connectivity index (χ0n) is 17.9. The van der Waals surface area contributed by atoms with E-state index >= 15 is 0 Å². The summed E-state index contributed by atoms with van der Waals surface area (Å²) in [5.74, 6) is 0.0942. The molecule has 0 spiro atoms. The van der Waals surface area contributed by atoms with Crippen LogP contribution in [0.4, 0.5) is 11.4 Å². The molecule has 2 aromatic carbocycles. The van der Waals surface area contributed by atoms with Crippen LogP contribution in [0.3, 0.4) is 0 Å². The molecule has 31 heavy (non-hydrogen) atoms. The SMILES string of the molecule is CC(=O)c1ccc(OCC(=O)OCC(=O)Nc2ccc(N3CCC(C)CC3)cc2)cc1. The van der Waals surface area contributed by atoms with Crippen molar-refractivity contribution in [3.63, 3.8) is 0 Å². The minimum atomic E-state index is -0.652. The lowest BCUT2D eigenvalue weighted by atomic mass is 9.99. The molecular formula is C24H28N2O5. The van der Waals surface area contributed by atoms with E-state index < -0.39 is 18.5 Å². The second kappa shape index (κ2) is 10.6. The third kappa shape index (κ3) is 6.84. The highest BCUT2D eigenvalue weighted by atomic mass is 16.6. The number of nitrogens with zero attached hydrogens (tertiary/aromatic N) is 1. The molecule has 1 fully saturated rings. The van der Waals surface area contributed by atoms with Gasteiger partial charge >= 0.3 is 5.97 Å². The van der Waals surface area contributed by atoms with Crippen molar-refractivity contribution in [2.24, 2.45) is 5.92 Å². The third-order valence-corrected chi connectivity index (χ3v) is 5.28. The largest absolute Gasteiger partial charge is 0.482 e. The number of Topliss-reactive ketones (excluding diaryl/α,β-unsaturated/α-hetero) is 1. The fraction of sp³-hybridized carbons (Fsp3) is 0.375. The highest BCUT2D eigenvalue weighted by Crippen LogP contribution is 2.24. The molecule has 0 atom stereocenters. The predicted molar refractivity (Wildman–Crippen MR) is 119 cm³/mol. The fourth-order valence-electron chi connectivity index (χ4n) is 3.34. The van der Waals surface area contributed by atoms with E-state index in [0.717, 1.165) is 24.7 Å². The van der Waals surface area contributed by atoms with E-state index in [1.54, 1.807) is 24.3 Å². The molecule has 7 nitrogen and oxygen atoms in total. The molecule has 3 rings (SSSR count). The summed E-state index contributed by atoms with van der Waals surface area (Å²) in [4.78, 5) is 37.4. The Labute approximate surface area is 182 Å². The minimum Gasteiger partial charge on any atom is -0.482 e. The first-order chi connectivity index (χ1) is 14.9. The number of hydrogen-bond donors (Lipinski definition) is 1. The normalized spacial score (nSPS) is 14.1. The van der Waals surface area contributed by atoms with Gasteiger partial charge in [0.2, 0.25) is 0 Å². The molecule has 7 heteroatoms. The fourth-order valence-corrected chi connectivity index (χ4v) is 3.34. The van der Waals surface area contributed by atoms with Crippen LogP contribution in [-0.2, 0) is 14.3 Å². The molecule has 1 heterocycles. The highest BCUT2D eigenvalue weighted by Gasteiger charge is 2.16. The summed E-state index contributed by atoms with van der Waals surface area (Å²) >= 11 is 0. The van der Waals surface area contributed by atoms with Gasteiger partial charge in [0.25, 0.3) is 5.91 Å². The van der Waals surface area contributed by atoms with Crippen LogP contribution in [0.5, 0.6) is 5.75 Å². The summed E-state index contributed by atoms with van der Waals surface area (Å²) < 4.78 is 10.3. The molecule has 2 aromatic rings. The molecule has 164 valence electrons. The van der Waals surface area contributed by atoms with Crippen LogP contribution in [0.15, 0.2) is 48.5 Å². The maximum absolute atomic E-state index is 12.0. The maximum atomic E-state index is 12.0. The van der Waals surface area contributed by atoms with Crippen molar-refractivity contribution in [2.45, 2.75) is 26.7 Å². The molecule has 1 aliphatic heterocycles. The number of amides is 1. The van der Waals surface area contributed by atoms with E-state index in [-0.39, 0.29) is 12.4 Å². The second-order valence-corrected chi connectivity index (χ2v) is 7.79. The summed E-state index contributed by atoms with van der Waals surface area (Å²) in [5, 5.41) is 2.72. The Morgan fingerprint density at radius 2 is 1.61 bits per heavy atom. The lowest BCUT2D eigenvalue weighted by Gasteiger charge is -2.32. The monoisotopic (exact) mass is 424 g/mol. The van der Waals surface area contributed by atoms with E-state index in [1.807, 2.05) is 24.3 Å². The van der Waals surface area contributed by atoms with Crippen molar-refractivity contribution in [1.29, 1.82) is 0 Å². The first-order valence-corrected chi connectivity index (χ1v) is 10.4. The van der Waals surface area contributed by atoms with Crippen LogP contribution in [0.25, 0.3) is 0 Å². The van der Waals surface area contributed by atoms with Gasteiger partial charge in [0.1, 0.15) is 5.75 Å². The molecule has 1 amide bonds. The Morgan fingerprint density at radius 3 is 2.23 bits per heavy atom. The van der Waals surface area contributed by atoms with Crippen LogP contribution in [0.1, 0.15) is 37.0 Å². The molecule has 1 N–H and O–H groups in total. The summed E-state index contributed by atoms with van der Waals surface area (Å²) in [6, 6.07) is 14.1. The van der Waals surface area contributed by atoms with Gasteiger partial charge in [-0.05, 0) is 74.2 Å². The number of ketones is 1. The zero-order valence-corrected chi connectivity index (χ0v) is 17.9. The van der Waals surface area contributed by atoms with Gasteiger partial charge in [-0.2, -0.15) is 0 Å².